The molecular formula is C14H16N4O5S. The van der Waals surface area contributed by atoms with E-state index >= 15 is 0 Å². The fraction of sp³-hybridized carbons (Fsp3) is 0.429. The molecule has 1 aromatic rings. The number of hydrogen-bond acceptors (Lipinski definition) is 7. The highest BCUT2D eigenvalue weighted by atomic mass is 32.2. The van der Waals surface area contributed by atoms with Crippen LogP contribution in [0.2, 0.25) is 0 Å². The lowest BCUT2D eigenvalue weighted by Gasteiger charge is -2.15. The van der Waals surface area contributed by atoms with E-state index in [1.54, 1.807) is 0 Å². The Morgan fingerprint density at radius 2 is 2.42 bits per heavy atom. The normalized spacial score (nSPS) is 19.3. The molecule has 2 amide bonds. The molecule has 9 nitrogen and oxygen atoms in total. The predicted octanol–water partition coefficient (Wildman–Crippen LogP) is 0.149. The van der Waals surface area contributed by atoms with E-state index in [0.717, 1.165) is 0 Å². The van der Waals surface area contributed by atoms with Gasteiger partial charge in [0.1, 0.15) is 24.1 Å². The molecule has 0 bridgehead atoms. The molecule has 1 aromatic heterocycles. The van der Waals surface area contributed by atoms with Gasteiger partial charge in [-0.05, 0) is 6.07 Å². The first-order valence-electron chi connectivity index (χ1n) is 6.97. The van der Waals surface area contributed by atoms with Gasteiger partial charge in [0.25, 0.3) is 0 Å². The number of carbonyl (C=O) groups is 2. The molecule has 0 saturated carbocycles. The minimum atomic E-state index is -0.626. The summed E-state index contributed by atoms with van der Waals surface area (Å²) in [6.45, 7) is 1.44. The summed E-state index contributed by atoms with van der Waals surface area (Å²) in [6, 6.07) is 1.51. The largest absolute Gasteiger partial charge is 0.446 e. The summed E-state index contributed by atoms with van der Waals surface area (Å²) in [7, 11) is 0. The van der Waals surface area contributed by atoms with Gasteiger partial charge in [-0.3, -0.25) is 9.36 Å². The second-order valence-corrected chi connectivity index (χ2v) is 5.89. The van der Waals surface area contributed by atoms with E-state index in [1.165, 1.54) is 35.5 Å². The average molecular weight is 352 g/mol. The molecule has 1 aliphatic rings. The van der Waals surface area contributed by atoms with E-state index < -0.39 is 23.4 Å². The molecule has 0 aromatic carbocycles. The number of amides is 2. The Kier molecular flexibility index (Phi) is 6.22. The van der Waals surface area contributed by atoms with Crippen LogP contribution >= 0.6 is 11.8 Å². The molecule has 2 rings (SSSR count). The summed E-state index contributed by atoms with van der Waals surface area (Å²) < 4.78 is 11.9. The molecule has 0 aliphatic carbocycles. The van der Waals surface area contributed by atoms with Crippen LogP contribution in [0.25, 0.3) is 0 Å². The van der Waals surface area contributed by atoms with Crippen LogP contribution < -0.4 is 16.3 Å². The molecule has 2 atom stereocenters. The summed E-state index contributed by atoms with van der Waals surface area (Å²) in [5, 5.41) is 4.80. The van der Waals surface area contributed by atoms with E-state index in [2.05, 4.69) is 21.5 Å². The van der Waals surface area contributed by atoms with Gasteiger partial charge in [-0.15, -0.1) is 18.2 Å². The van der Waals surface area contributed by atoms with Crippen LogP contribution in [-0.4, -0.2) is 45.9 Å². The Labute approximate surface area is 142 Å². The molecule has 10 heteroatoms. The number of nitrogens with one attached hydrogen (secondary N) is 2. The third-order valence-electron chi connectivity index (χ3n) is 2.86. The first-order chi connectivity index (χ1) is 11.5. The minimum absolute atomic E-state index is 0.0315. The molecule has 0 unspecified atom stereocenters. The van der Waals surface area contributed by atoms with E-state index in [9.17, 15) is 14.4 Å². The Bertz CT molecular complexity index is 714. The Morgan fingerprint density at radius 3 is 3.08 bits per heavy atom. The number of terminal acetylenes is 1. The van der Waals surface area contributed by atoms with Crippen molar-refractivity contribution < 1.29 is 19.1 Å². The van der Waals surface area contributed by atoms with E-state index in [4.69, 9.17) is 15.9 Å². The number of thioether (sulfide) groups is 1. The topological polar surface area (TPSA) is 112 Å². The van der Waals surface area contributed by atoms with Gasteiger partial charge in [0, 0.05) is 18.9 Å². The number of anilines is 1. The van der Waals surface area contributed by atoms with Crippen molar-refractivity contribution in [1.29, 1.82) is 0 Å². The van der Waals surface area contributed by atoms with Crippen molar-refractivity contribution in [3.63, 3.8) is 0 Å². The van der Waals surface area contributed by atoms with Crippen molar-refractivity contribution in [2.45, 2.75) is 18.6 Å². The number of rotatable bonds is 5. The maximum Gasteiger partial charge on any atom is 0.408 e. The summed E-state index contributed by atoms with van der Waals surface area (Å²) in [5.41, 5.74) is -0.936. The zero-order chi connectivity index (χ0) is 17.5. The quantitative estimate of drug-likeness (QED) is 0.726. The second kappa shape index (κ2) is 8.37. The monoisotopic (exact) mass is 352 g/mol. The maximum absolute atomic E-state index is 12.0. The smallest absolute Gasteiger partial charge is 0.408 e. The van der Waals surface area contributed by atoms with E-state index in [1.807, 2.05) is 0 Å². The van der Waals surface area contributed by atoms with Crippen LogP contribution in [0.4, 0.5) is 10.6 Å². The third kappa shape index (κ3) is 5.00. The molecule has 2 heterocycles. The van der Waals surface area contributed by atoms with Crippen molar-refractivity contribution in [2.24, 2.45) is 0 Å². The standard InChI is InChI=1S/C14H16N4O5S/c1-3-5-15-14(21)22-7-12-23-11(8-24-12)18-6-4-10(16-9(2)19)17-13(18)20/h1,4,6,11-12H,5,7-8H2,2H3,(H,15,21)(H,16,17,19,20)/t11-,12+/m0/s1. The predicted molar refractivity (Wildman–Crippen MR) is 87.4 cm³/mol. The van der Waals surface area contributed by atoms with Crippen molar-refractivity contribution in [3.8, 4) is 12.3 Å². The van der Waals surface area contributed by atoms with Crippen LogP contribution in [-0.2, 0) is 14.3 Å². The molecule has 24 heavy (non-hydrogen) atoms. The molecule has 128 valence electrons. The van der Waals surface area contributed by atoms with Gasteiger partial charge in [-0.1, -0.05) is 5.92 Å². The zero-order valence-electron chi connectivity index (χ0n) is 12.9. The summed E-state index contributed by atoms with van der Waals surface area (Å²) in [5.74, 6) is 2.63. The number of carbonyl (C=O) groups excluding carboxylic acids is 2. The molecule has 1 saturated heterocycles. The minimum Gasteiger partial charge on any atom is -0.446 e. The summed E-state index contributed by atoms with van der Waals surface area (Å²) >= 11 is 1.41. The van der Waals surface area contributed by atoms with Crippen LogP contribution in [0, 0.1) is 12.3 Å². The summed E-state index contributed by atoms with van der Waals surface area (Å²) in [4.78, 5) is 38.0. The van der Waals surface area contributed by atoms with Crippen LogP contribution in [0.3, 0.4) is 0 Å². The van der Waals surface area contributed by atoms with Gasteiger partial charge >= 0.3 is 11.8 Å². The van der Waals surface area contributed by atoms with Crippen molar-refractivity contribution in [1.82, 2.24) is 14.9 Å². The Morgan fingerprint density at radius 1 is 1.62 bits per heavy atom. The van der Waals surface area contributed by atoms with Crippen molar-refractivity contribution >= 4 is 29.6 Å². The summed E-state index contributed by atoms with van der Waals surface area (Å²) in [6.07, 6.45) is 5.36. The van der Waals surface area contributed by atoms with Gasteiger partial charge in [0.05, 0.1) is 6.54 Å². The molecule has 1 aliphatic heterocycles. The number of aromatic nitrogens is 2. The van der Waals surface area contributed by atoms with Crippen LogP contribution in [0.5, 0.6) is 0 Å². The molecule has 2 N–H and O–H groups in total. The highest BCUT2D eigenvalue weighted by Crippen LogP contribution is 2.31. The highest BCUT2D eigenvalue weighted by molar-refractivity contribution is 8.00. The second-order valence-electron chi connectivity index (χ2n) is 4.69. The number of alkyl carbamates (subject to hydrolysis) is 1. The molecular weight excluding hydrogens is 336 g/mol. The first-order valence-corrected chi connectivity index (χ1v) is 8.02. The lowest BCUT2D eigenvalue weighted by atomic mass is 10.5. The van der Waals surface area contributed by atoms with E-state index in [-0.39, 0.29) is 24.9 Å². The van der Waals surface area contributed by atoms with Crippen molar-refractivity contribution in [2.75, 3.05) is 24.2 Å². The molecule has 1 fully saturated rings. The van der Waals surface area contributed by atoms with Gasteiger partial charge in [-0.25, -0.2) is 9.59 Å². The van der Waals surface area contributed by atoms with Crippen LogP contribution in [0.1, 0.15) is 13.2 Å². The number of nitrogens with zero attached hydrogens (tertiary/aromatic N) is 2. The fourth-order valence-corrected chi connectivity index (χ4v) is 2.87. The van der Waals surface area contributed by atoms with E-state index in [0.29, 0.717) is 5.75 Å². The number of hydrogen-bond donors (Lipinski definition) is 2. The van der Waals surface area contributed by atoms with Gasteiger partial charge < -0.3 is 20.1 Å². The third-order valence-corrected chi connectivity index (χ3v) is 3.96. The SMILES string of the molecule is C#CCNC(=O)OC[C@@H]1O[C@H](n2ccc(NC(C)=O)nc2=O)CS1. The van der Waals surface area contributed by atoms with Gasteiger partial charge in [-0.2, -0.15) is 4.98 Å². The fourth-order valence-electron chi connectivity index (χ4n) is 1.88. The van der Waals surface area contributed by atoms with Crippen molar-refractivity contribution in [3.05, 3.63) is 22.7 Å². The van der Waals surface area contributed by atoms with Gasteiger partial charge in [0.2, 0.25) is 5.91 Å². The Balaban J connectivity index is 1.89. The maximum atomic E-state index is 12.0. The first kappa shape index (κ1) is 17.8. The van der Waals surface area contributed by atoms with Crippen LogP contribution in [0.15, 0.2) is 17.1 Å². The molecule has 0 radical (unpaired) electrons. The zero-order valence-corrected chi connectivity index (χ0v) is 13.7. The lowest BCUT2D eigenvalue weighted by molar-refractivity contribution is -0.114. The lowest BCUT2D eigenvalue weighted by Crippen LogP contribution is -2.30. The van der Waals surface area contributed by atoms with Gasteiger partial charge in [0.15, 0.2) is 0 Å². The molecule has 0 spiro atoms. The highest BCUT2D eigenvalue weighted by Gasteiger charge is 2.29. The number of ether oxygens (including phenoxy) is 2. The Hall–Kier alpha value is -2.51. The average Bonchev–Trinajstić information content (AvgIpc) is 2.99.